The second-order valence-electron chi connectivity index (χ2n) is 20.9. The molecule has 2 heteroatoms. The highest BCUT2D eigenvalue weighted by atomic mass is 16.3. The van der Waals surface area contributed by atoms with Crippen LogP contribution >= 0.6 is 0 Å². The molecule has 12 aromatic rings. The van der Waals surface area contributed by atoms with Crippen molar-refractivity contribution >= 4 is 49.8 Å². The largest absolute Gasteiger partial charge is 0.456 e. The third kappa shape index (κ3) is 6.63. The van der Waals surface area contributed by atoms with Crippen molar-refractivity contribution in [1.82, 2.24) is 0 Å². The molecule has 0 saturated carbocycles. The number of hydrogen-bond acceptors (Lipinski definition) is 2. The van der Waals surface area contributed by atoms with E-state index >= 15 is 0 Å². The average molecular weight is 922 g/mol. The van der Waals surface area contributed by atoms with Crippen molar-refractivity contribution in [1.29, 1.82) is 0 Å². The zero-order chi connectivity index (χ0) is 48.3. The van der Waals surface area contributed by atoms with Gasteiger partial charge in [-0.2, -0.15) is 0 Å². The summed E-state index contributed by atoms with van der Waals surface area (Å²) in [6.45, 7) is 9.57. The van der Waals surface area contributed by atoms with Crippen LogP contribution in [-0.2, 0) is 10.8 Å². The van der Waals surface area contributed by atoms with Gasteiger partial charge in [-0.05, 0) is 173 Å². The summed E-state index contributed by atoms with van der Waals surface area (Å²) in [5, 5.41) is 4.82. The Morgan fingerprint density at radius 3 is 1.32 bits per heavy atom. The second-order valence-corrected chi connectivity index (χ2v) is 20.9. The van der Waals surface area contributed by atoms with E-state index in [2.05, 4.69) is 257 Å². The molecule has 72 heavy (non-hydrogen) atoms. The average Bonchev–Trinajstić information content (AvgIpc) is 3.99. The lowest BCUT2D eigenvalue weighted by atomic mass is 9.81. The Labute approximate surface area is 421 Å². The van der Waals surface area contributed by atoms with Crippen LogP contribution in [0.1, 0.15) is 49.9 Å². The van der Waals surface area contributed by atoms with E-state index < -0.39 is 0 Å². The number of nitrogens with zero attached hydrogens (tertiary/aromatic N) is 1. The van der Waals surface area contributed by atoms with Crippen LogP contribution in [0.5, 0.6) is 0 Å². The fourth-order valence-corrected chi connectivity index (χ4v) is 12.1. The molecule has 0 amide bonds. The number of fused-ring (bicyclic) bond motifs is 10. The Morgan fingerprint density at radius 1 is 0.278 bits per heavy atom. The van der Waals surface area contributed by atoms with Gasteiger partial charge in [0.05, 0.1) is 0 Å². The van der Waals surface area contributed by atoms with Crippen molar-refractivity contribution in [2.24, 2.45) is 0 Å². The lowest BCUT2D eigenvalue weighted by Crippen LogP contribution is -2.18. The van der Waals surface area contributed by atoms with Gasteiger partial charge in [0.2, 0.25) is 0 Å². The van der Waals surface area contributed by atoms with Gasteiger partial charge in [-0.3, -0.25) is 0 Å². The molecule has 0 fully saturated rings. The van der Waals surface area contributed by atoms with Crippen LogP contribution in [0.15, 0.2) is 241 Å². The Balaban J connectivity index is 0.838. The molecule has 0 atom stereocenters. The fourth-order valence-electron chi connectivity index (χ4n) is 12.1. The van der Waals surface area contributed by atoms with E-state index in [1.807, 2.05) is 12.1 Å². The monoisotopic (exact) mass is 921 g/mol. The van der Waals surface area contributed by atoms with Crippen LogP contribution in [0, 0.1) is 0 Å². The molecule has 0 spiro atoms. The maximum Gasteiger partial charge on any atom is 0.136 e. The molecule has 11 aromatic carbocycles. The smallest absolute Gasteiger partial charge is 0.136 e. The summed E-state index contributed by atoms with van der Waals surface area (Å²) in [7, 11) is 0. The summed E-state index contributed by atoms with van der Waals surface area (Å²) >= 11 is 0. The Kier molecular flexibility index (Phi) is 9.32. The molecular weight excluding hydrogens is 871 g/mol. The second kappa shape index (κ2) is 15.9. The van der Waals surface area contributed by atoms with Crippen LogP contribution in [0.4, 0.5) is 17.1 Å². The molecule has 0 N–H and O–H groups in total. The number of anilines is 3. The normalized spacial score (nSPS) is 13.8. The highest BCUT2D eigenvalue weighted by Gasteiger charge is 2.38. The lowest BCUT2D eigenvalue weighted by molar-refractivity contribution is 0.660. The molecule has 0 aliphatic heterocycles. The first kappa shape index (κ1) is 42.2. The van der Waals surface area contributed by atoms with Gasteiger partial charge >= 0.3 is 0 Å². The van der Waals surface area contributed by atoms with Crippen LogP contribution in [0.25, 0.3) is 99.5 Å². The third-order valence-corrected chi connectivity index (χ3v) is 16.1. The molecule has 0 saturated heterocycles. The summed E-state index contributed by atoms with van der Waals surface area (Å²) in [6, 6.07) is 87.5. The number of rotatable bonds is 7. The minimum atomic E-state index is -0.217. The minimum absolute atomic E-state index is 0.199. The fraction of sp³-hybridized carbons (Fsp3) is 0.0857. The van der Waals surface area contributed by atoms with E-state index in [0.717, 1.165) is 50.1 Å². The molecule has 2 aliphatic rings. The Hall–Kier alpha value is -8.72. The predicted molar refractivity (Wildman–Crippen MR) is 303 cm³/mol. The highest BCUT2D eigenvalue weighted by Crippen LogP contribution is 2.54. The Morgan fingerprint density at radius 2 is 0.681 bits per heavy atom. The van der Waals surface area contributed by atoms with Crippen LogP contribution in [0.3, 0.4) is 0 Å². The van der Waals surface area contributed by atoms with Crippen molar-refractivity contribution in [3.63, 3.8) is 0 Å². The summed E-state index contributed by atoms with van der Waals surface area (Å²) in [4.78, 5) is 2.47. The molecule has 2 aliphatic carbocycles. The molecule has 0 radical (unpaired) electrons. The number of benzene rings is 11. The van der Waals surface area contributed by atoms with Gasteiger partial charge in [0.15, 0.2) is 0 Å². The van der Waals surface area contributed by atoms with Gasteiger partial charge in [-0.1, -0.05) is 191 Å². The number of furan rings is 1. The summed E-state index contributed by atoms with van der Waals surface area (Å²) in [6.07, 6.45) is 0. The minimum Gasteiger partial charge on any atom is -0.456 e. The molecular formula is C70H51NO. The van der Waals surface area contributed by atoms with E-state index in [0.29, 0.717) is 0 Å². The van der Waals surface area contributed by atoms with Crippen molar-refractivity contribution in [3.05, 3.63) is 259 Å². The molecule has 0 bridgehead atoms. The molecule has 0 unspecified atom stereocenters. The molecule has 342 valence electrons. The Bertz CT molecular complexity index is 4130. The molecule has 1 aromatic heterocycles. The lowest BCUT2D eigenvalue weighted by Gasteiger charge is -2.30. The topological polar surface area (TPSA) is 16.4 Å². The zero-order valence-electron chi connectivity index (χ0n) is 40.9. The van der Waals surface area contributed by atoms with Gasteiger partial charge in [-0.15, -0.1) is 0 Å². The van der Waals surface area contributed by atoms with E-state index in [-0.39, 0.29) is 10.8 Å². The standard InChI is InChI=1S/C70H51NO/c1-69(2)63-39-51(44-12-6-5-7-13-44)26-33-57(63)59-36-31-55(42-65(59)69)71(54-29-24-47(25-30-54)46-18-20-48(21-19-46)53-28-35-62-61-16-10-11-17-67(61)72-68(62)41-53)56-32-37-60-58-34-27-52(40-64(58)70(3,4)66(60)43-56)50-23-22-45-14-8-9-15-49(45)38-50/h5-43H,1-4H3. The first-order valence-electron chi connectivity index (χ1n) is 25.2. The zero-order valence-corrected chi connectivity index (χ0v) is 40.9. The number of hydrogen-bond donors (Lipinski definition) is 0. The van der Waals surface area contributed by atoms with Gasteiger partial charge < -0.3 is 9.32 Å². The third-order valence-electron chi connectivity index (χ3n) is 16.1. The van der Waals surface area contributed by atoms with Gasteiger partial charge in [-0.25, -0.2) is 0 Å². The first-order chi connectivity index (χ1) is 35.2. The van der Waals surface area contributed by atoms with E-state index in [1.165, 1.54) is 88.7 Å². The van der Waals surface area contributed by atoms with Crippen LogP contribution in [0.2, 0.25) is 0 Å². The molecule has 1 heterocycles. The van der Waals surface area contributed by atoms with E-state index in [9.17, 15) is 0 Å². The van der Waals surface area contributed by atoms with Gasteiger partial charge in [0, 0.05) is 38.7 Å². The highest BCUT2D eigenvalue weighted by molar-refractivity contribution is 6.06. The molecule has 14 rings (SSSR count). The van der Waals surface area contributed by atoms with Gasteiger partial charge in [0.1, 0.15) is 11.2 Å². The summed E-state index contributed by atoms with van der Waals surface area (Å²) < 4.78 is 6.24. The summed E-state index contributed by atoms with van der Waals surface area (Å²) in [5.41, 5.74) is 25.1. The maximum absolute atomic E-state index is 6.24. The number of para-hydroxylation sites is 1. The van der Waals surface area contributed by atoms with Gasteiger partial charge in [0.25, 0.3) is 0 Å². The van der Waals surface area contributed by atoms with Crippen molar-refractivity contribution in [2.75, 3.05) is 4.90 Å². The summed E-state index contributed by atoms with van der Waals surface area (Å²) in [5.74, 6) is 0. The SMILES string of the molecule is CC1(C)c2cc(-c3ccccc3)ccc2-c2ccc(N(c3ccc(-c4ccc(-c5ccc6c(c5)oc5ccccc56)cc4)cc3)c3ccc4c(c3)C(C)(C)c3cc(-c5ccc6ccccc6c5)ccc3-4)cc21. The van der Waals surface area contributed by atoms with Crippen molar-refractivity contribution < 1.29 is 4.42 Å². The van der Waals surface area contributed by atoms with Crippen LogP contribution < -0.4 is 4.90 Å². The van der Waals surface area contributed by atoms with E-state index in [1.54, 1.807) is 0 Å². The molecule has 2 nitrogen and oxygen atoms in total. The maximum atomic E-state index is 6.24. The quantitative estimate of drug-likeness (QED) is 0.158. The first-order valence-corrected chi connectivity index (χ1v) is 25.2. The predicted octanol–water partition coefficient (Wildman–Crippen LogP) is 19.5. The van der Waals surface area contributed by atoms with E-state index in [4.69, 9.17) is 4.42 Å². The van der Waals surface area contributed by atoms with Crippen LogP contribution in [-0.4, -0.2) is 0 Å². The van der Waals surface area contributed by atoms with Crippen molar-refractivity contribution in [3.8, 4) is 66.8 Å². The van der Waals surface area contributed by atoms with Crippen molar-refractivity contribution in [2.45, 2.75) is 38.5 Å².